The normalized spacial score (nSPS) is 17.2. The lowest BCUT2D eigenvalue weighted by molar-refractivity contribution is 0.169. The number of halogens is 2. The van der Waals surface area contributed by atoms with Crippen LogP contribution in [-0.4, -0.2) is 11.7 Å². The van der Waals surface area contributed by atoms with Gasteiger partial charge in [0.15, 0.2) is 6.23 Å². The van der Waals surface area contributed by atoms with E-state index in [1.54, 1.807) is 22.7 Å². The highest BCUT2D eigenvalue weighted by Crippen LogP contribution is 2.54. The molecule has 0 bridgehead atoms. The number of thiophene rings is 2. The molecule has 0 aromatic carbocycles. The highest BCUT2D eigenvalue weighted by atomic mass is 127. The van der Waals surface area contributed by atoms with Crippen molar-refractivity contribution >= 4 is 78.5 Å². The Morgan fingerprint density at radius 1 is 1.33 bits per heavy atom. The van der Waals surface area contributed by atoms with Gasteiger partial charge in [0.05, 0.1) is 26.9 Å². The summed E-state index contributed by atoms with van der Waals surface area (Å²) in [5, 5.41) is 11.6. The van der Waals surface area contributed by atoms with Gasteiger partial charge in [-0.1, -0.05) is 13.8 Å². The van der Waals surface area contributed by atoms with Crippen molar-refractivity contribution in [1.82, 2.24) is 0 Å². The summed E-state index contributed by atoms with van der Waals surface area (Å²) < 4.78 is 2.52. The van der Waals surface area contributed by atoms with E-state index in [0.29, 0.717) is 5.92 Å². The molecule has 1 unspecified atom stereocenters. The van der Waals surface area contributed by atoms with Gasteiger partial charge in [0, 0.05) is 12.1 Å². The third-order valence-corrected chi connectivity index (χ3v) is 9.34. The van der Waals surface area contributed by atoms with E-state index in [1.165, 1.54) is 17.0 Å². The fourth-order valence-electron chi connectivity index (χ4n) is 2.50. The number of anilines is 2. The van der Waals surface area contributed by atoms with E-state index in [4.69, 9.17) is 5.73 Å². The summed E-state index contributed by atoms with van der Waals surface area (Å²) in [7, 11) is 0. The number of aliphatic hydroxyl groups excluding tert-OH is 1. The van der Waals surface area contributed by atoms with Crippen LogP contribution < -0.4 is 10.6 Å². The SMILES string of the molecule is CC(C)CCN1c2c(sc(I)c2I)-c2sc(N)cc2C1O. The summed E-state index contributed by atoms with van der Waals surface area (Å²) in [4.78, 5) is 4.54. The largest absolute Gasteiger partial charge is 0.391 e. The summed E-state index contributed by atoms with van der Waals surface area (Å²) in [5.41, 5.74) is 8.13. The molecule has 3 N–H and O–H groups in total. The Hall–Kier alpha value is 0.420. The van der Waals surface area contributed by atoms with Gasteiger partial charge in [-0.3, -0.25) is 0 Å². The Kier molecular flexibility index (Phi) is 4.76. The number of aliphatic hydroxyl groups is 1. The zero-order chi connectivity index (χ0) is 15.3. The number of rotatable bonds is 3. The maximum atomic E-state index is 10.8. The van der Waals surface area contributed by atoms with E-state index < -0.39 is 6.23 Å². The Morgan fingerprint density at radius 2 is 2.05 bits per heavy atom. The Labute approximate surface area is 159 Å². The van der Waals surface area contributed by atoms with Gasteiger partial charge in [-0.2, -0.15) is 0 Å². The maximum absolute atomic E-state index is 10.8. The second-order valence-corrected chi connectivity index (χ2v) is 10.5. The number of nitrogens with zero attached hydrogens (tertiary/aromatic N) is 1. The van der Waals surface area contributed by atoms with Gasteiger partial charge in [-0.05, 0) is 63.6 Å². The molecule has 3 nitrogen and oxygen atoms in total. The first-order valence-corrected chi connectivity index (χ1v) is 10.5. The molecule has 7 heteroatoms. The summed E-state index contributed by atoms with van der Waals surface area (Å²) in [6.07, 6.45) is 0.479. The van der Waals surface area contributed by atoms with Crippen LogP contribution in [0.15, 0.2) is 6.07 Å². The fraction of sp³-hybridized carbons (Fsp3) is 0.429. The van der Waals surface area contributed by atoms with Crippen LogP contribution in [0.25, 0.3) is 9.75 Å². The number of nitrogen functional groups attached to an aromatic ring is 1. The molecular weight excluding hydrogens is 530 g/mol. The molecule has 114 valence electrons. The summed E-state index contributed by atoms with van der Waals surface area (Å²) in [6, 6.07) is 1.93. The first kappa shape index (κ1) is 16.3. The zero-order valence-corrected chi connectivity index (χ0v) is 17.6. The summed E-state index contributed by atoms with van der Waals surface area (Å²) >= 11 is 8.15. The Balaban J connectivity index is 2.12. The maximum Gasteiger partial charge on any atom is 0.154 e. The van der Waals surface area contributed by atoms with Gasteiger partial charge < -0.3 is 15.7 Å². The molecule has 0 radical (unpaired) electrons. The molecule has 2 aromatic heterocycles. The predicted octanol–water partition coefficient (Wildman–Crippen LogP) is 5.13. The highest BCUT2D eigenvalue weighted by Gasteiger charge is 2.35. The molecule has 21 heavy (non-hydrogen) atoms. The van der Waals surface area contributed by atoms with Crippen LogP contribution in [0.4, 0.5) is 10.7 Å². The van der Waals surface area contributed by atoms with E-state index in [9.17, 15) is 5.11 Å². The first-order chi connectivity index (χ1) is 9.90. The summed E-state index contributed by atoms with van der Waals surface area (Å²) in [5.74, 6) is 0.616. The lowest BCUT2D eigenvalue weighted by Gasteiger charge is -2.35. The summed E-state index contributed by atoms with van der Waals surface area (Å²) in [6.45, 7) is 5.30. The van der Waals surface area contributed by atoms with Crippen molar-refractivity contribution in [2.75, 3.05) is 17.2 Å². The number of hydrogen-bond acceptors (Lipinski definition) is 5. The molecule has 1 aliphatic heterocycles. The average Bonchev–Trinajstić information content (AvgIpc) is 2.92. The minimum absolute atomic E-state index is 0.585. The van der Waals surface area contributed by atoms with E-state index >= 15 is 0 Å². The van der Waals surface area contributed by atoms with Crippen molar-refractivity contribution in [3.8, 4) is 9.75 Å². The predicted molar refractivity (Wildman–Crippen MR) is 109 cm³/mol. The van der Waals surface area contributed by atoms with Crippen LogP contribution >= 0.6 is 67.9 Å². The topological polar surface area (TPSA) is 49.5 Å². The molecule has 3 heterocycles. The minimum atomic E-state index is -0.585. The van der Waals surface area contributed by atoms with E-state index in [1.807, 2.05) is 6.07 Å². The third-order valence-electron chi connectivity index (χ3n) is 3.58. The molecule has 1 atom stereocenters. The third kappa shape index (κ3) is 2.84. The van der Waals surface area contributed by atoms with Crippen molar-refractivity contribution in [1.29, 1.82) is 0 Å². The van der Waals surface area contributed by atoms with Gasteiger partial charge in [0.25, 0.3) is 0 Å². The second kappa shape index (κ2) is 6.14. The van der Waals surface area contributed by atoms with Crippen LogP contribution in [0.3, 0.4) is 0 Å². The molecule has 0 fully saturated rings. The number of hydrogen-bond donors (Lipinski definition) is 2. The molecule has 0 saturated heterocycles. The van der Waals surface area contributed by atoms with Crippen molar-refractivity contribution in [2.24, 2.45) is 5.92 Å². The Morgan fingerprint density at radius 3 is 2.71 bits per heavy atom. The molecule has 0 aliphatic carbocycles. The highest BCUT2D eigenvalue weighted by molar-refractivity contribution is 14.1. The van der Waals surface area contributed by atoms with Crippen LogP contribution in [0.1, 0.15) is 32.1 Å². The second-order valence-electron chi connectivity index (χ2n) is 5.55. The van der Waals surface area contributed by atoms with Crippen LogP contribution in [0.5, 0.6) is 0 Å². The smallest absolute Gasteiger partial charge is 0.154 e. The number of nitrogens with two attached hydrogens (primary N) is 1. The molecular formula is C14H16I2N2OS2. The minimum Gasteiger partial charge on any atom is -0.391 e. The van der Waals surface area contributed by atoms with Crippen molar-refractivity contribution in [2.45, 2.75) is 26.5 Å². The van der Waals surface area contributed by atoms with Gasteiger partial charge in [-0.15, -0.1) is 22.7 Å². The van der Waals surface area contributed by atoms with Gasteiger partial charge in [0.1, 0.15) is 0 Å². The molecule has 1 aliphatic rings. The molecule has 0 spiro atoms. The van der Waals surface area contributed by atoms with Crippen LogP contribution in [-0.2, 0) is 0 Å². The lowest BCUT2D eigenvalue weighted by Crippen LogP contribution is -2.33. The molecule has 0 saturated carbocycles. The number of fused-ring (bicyclic) bond motifs is 3. The molecule has 3 rings (SSSR count). The Bertz CT molecular complexity index is 681. The average molecular weight is 546 g/mol. The van der Waals surface area contributed by atoms with Gasteiger partial charge in [-0.25, -0.2) is 0 Å². The van der Waals surface area contributed by atoms with E-state index in [2.05, 4.69) is 63.9 Å². The van der Waals surface area contributed by atoms with Crippen LogP contribution in [0, 0.1) is 12.4 Å². The monoisotopic (exact) mass is 546 g/mol. The van der Waals surface area contributed by atoms with E-state index in [0.717, 1.165) is 28.4 Å². The zero-order valence-electron chi connectivity index (χ0n) is 11.7. The van der Waals surface area contributed by atoms with Gasteiger partial charge in [0.2, 0.25) is 0 Å². The quantitative estimate of drug-likeness (QED) is 0.526. The fourth-order valence-corrected chi connectivity index (χ4v) is 6.55. The van der Waals surface area contributed by atoms with Crippen LogP contribution in [0.2, 0.25) is 0 Å². The molecule has 2 aromatic rings. The van der Waals surface area contributed by atoms with Gasteiger partial charge >= 0.3 is 0 Å². The van der Waals surface area contributed by atoms with Crippen molar-refractivity contribution in [3.05, 3.63) is 18.1 Å². The lowest BCUT2D eigenvalue weighted by atomic mass is 10.0. The van der Waals surface area contributed by atoms with Crippen molar-refractivity contribution in [3.63, 3.8) is 0 Å². The first-order valence-electron chi connectivity index (χ1n) is 6.72. The van der Waals surface area contributed by atoms with Crippen molar-refractivity contribution < 1.29 is 5.11 Å². The molecule has 0 amide bonds. The standard InChI is InChI=1S/C14H16I2N2OS2/c1-6(2)3-4-18-10-9(15)13(16)21-12(10)11-7(14(18)19)5-8(17)20-11/h5-6,14,19H,3-4,17H2,1-2H3. The van der Waals surface area contributed by atoms with E-state index in [-0.39, 0.29) is 0 Å².